The van der Waals surface area contributed by atoms with Crippen LogP contribution in [0.3, 0.4) is 0 Å². The second kappa shape index (κ2) is 11.1. The molecule has 1 unspecified atom stereocenters. The van der Waals surface area contributed by atoms with Crippen molar-refractivity contribution < 1.29 is 14.3 Å². The predicted molar refractivity (Wildman–Crippen MR) is 143 cm³/mol. The van der Waals surface area contributed by atoms with E-state index in [1.807, 2.05) is 64.9 Å². The summed E-state index contributed by atoms with van der Waals surface area (Å²) in [6.45, 7) is 13.2. The summed E-state index contributed by atoms with van der Waals surface area (Å²) in [6, 6.07) is 15.6. The van der Waals surface area contributed by atoms with Crippen LogP contribution < -0.4 is 9.64 Å². The van der Waals surface area contributed by atoms with Gasteiger partial charge in [-0.05, 0) is 43.0 Å². The van der Waals surface area contributed by atoms with E-state index in [4.69, 9.17) is 9.72 Å². The number of para-hydroxylation sites is 4. The molecule has 1 fully saturated rings. The van der Waals surface area contributed by atoms with E-state index in [0.29, 0.717) is 37.2 Å². The zero-order chi connectivity index (χ0) is 25.8. The molecule has 0 saturated carbocycles. The Kier molecular flexibility index (Phi) is 7.97. The Morgan fingerprint density at radius 1 is 1.06 bits per heavy atom. The predicted octanol–water partition coefficient (Wildman–Crippen LogP) is 5.10. The van der Waals surface area contributed by atoms with Crippen molar-refractivity contribution in [2.75, 3.05) is 31.1 Å². The number of nitrogens with zero attached hydrogens (tertiary/aromatic N) is 4. The van der Waals surface area contributed by atoms with Crippen molar-refractivity contribution >= 4 is 28.5 Å². The summed E-state index contributed by atoms with van der Waals surface area (Å²) in [6.07, 6.45) is 0.347. The molecule has 0 aliphatic carbocycles. The van der Waals surface area contributed by atoms with E-state index in [1.54, 1.807) is 4.90 Å². The molecule has 1 aromatic heterocycles. The molecule has 36 heavy (non-hydrogen) atoms. The summed E-state index contributed by atoms with van der Waals surface area (Å²) in [4.78, 5) is 35.4. The lowest BCUT2D eigenvalue weighted by Gasteiger charge is -2.27. The molecule has 2 amide bonds. The third kappa shape index (κ3) is 5.55. The number of anilines is 1. The Hall–Kier alpha value is -3.35. The SMILES string of the molecule is CCOc1ccccc1N1CC(c2nc3ccccc3n2CC(=O)N(CC(C)C)CC(C)C)CC1=O. The molecular weight excluding hydrogens is 452 g/mol. The summed E-state index contributed by atoms with van der Waals surface area (Å²) in [5.41, 5.74) is 2.56. The van der Waals surface area contributed by atoms with Crippen LogP contribution in [0.5, 0.6) is 5.75 Å². The average Bonchev–Trinajstić information content (AvgIpc) is 3.39. The highest BCUT2D eigenvalue weighted by molar-refractivity contribution is 5.98. The molecule has 2 heterocycles. The number of aromatic nitrogens is 2. The van der Waals surface area contributed by atoms with Crippen LogP contribution in [-0.4, -0.2) is 52.5 Å². The molecule has 7 nitrogen and oxygen atoms in total. The number of hydrogen-bond donors (Lipinski definition) is 0. The van der Waals surface area contributed by atoms with E-state index in [1.165, 1.54) is 0 Å². The number of carbonyl (C=O) groups excluding carboxylic acids is 2. The Bertz CT molecular complexity index is 1210. The third-order valence-electron chi connectivity index (χ3n) is 6.45. The van der Waals surface area contributed by atoms with Crippen LogP contribution >= 0.6 is 0 Å². The van der Waals surface area contributed by atoms with Crippen LogP contribution in [0, 0.1) is 11.8 Å². The Balaban J connectivity index is 1.66. The molecule has 192 valence electrons. The fraction of sp³-hybridized carbons (Fsp3) is 0.483. The highest BCUT2D eigenvalue weighted by Crippen LogP contribution is 2.37. The van der Waals surface area contributed by atoms with Crippen molar-refractivity contribution in [1.82, 2.24) is 14.5 Å². The average molecular weight is 491 g/mol. The summed E-state index contributed by atoms with van der Waals surface area (Å²) in [7, 11) is 0. The van der Waals surface area contributed by atoms with Gasteiger partial charge in [0, 0.05) is 32.0 Å². The summed E-state index contributed by atoms with van der Waals surface area (Å²) in [5, 5.41) is 0. The minimum Gasteiger partial charge on any atom is -0.492 e. The minimum atomic E-state index is -0.115. The molecule has 2 aromatic carbocycles. The first-order chi connectivity index (χ1) is 17.3. The van der Waals surface area contributed by atoms with Crippen molar-refractivity contribution in [1.29, 1.82) is 0 Å². The number of amides is 2. The molecule has 0 bridgehead atoms. The van der Waals surface area contributed by atoms with Gasteiger partial charge < -0.3 is 19.1 Å². The number of fused-ring (bicyclic) bond motifs is 1. The van der Waals surface area contributed by atoms with Gasteiger partial charge in [0.15, 0.2) is 0 Å². The van der Waals surface area contributed by atoms with Crippen LogP contribution in [0.2, 0.25) is 0 Å². The number of hydrogen-bond acceptors (Lipinski definition) is 4. The van der Waals surface area contributed by atoms with E-state index in [9.17, 15) is 9.59 Å². The van der Waals surface area contributed by atoms with Crippen LogP contribution in [-0.2, 0) is 16.1 Å². The maximum atomic E-state index is 13.5. The molecule has 3 aromatic rings. The highest BCUT2D eigenvalue weighted by atomic mass is 16.5. The van der Waals surface area contributed by atoms with Crippen LogP contribution in [0.1, 0.15) is 52.8 Å². The zero-order valence-electron chi connectivity index (χ0n) is 22.1. The molecule has 0 radical (unpaired) electrons. The largest absolute Gasteiger partial charge is 0.492 e. The molecule has 1 aliphatic rings. The van der Waals surface area contributed by atoms with E-state index in [-0.39, 0.29) is 24.3 Å². The quantitative estimate of drug-likeness (QED) is 0.397. The lowest BCUT2D eigenvalue weighted by atomic mass is 10.1. The van der Waals surface area contributed by atoms with Crippen molar-refractivity contribution in [2.24, 2.45) is 11.8 Å². The van der Waals surface area contributed by atoms with Gasteiger partial charge in [-0.2, -0.15) is 0 Å². The molecule has 1 aliphatic heterocycles. The van der Waals surface area contributed by atoms with E-state index in [2.05, 4.69) is 27.7 Å². The first-order valence-corrected chi connectivity index (χ1v) is 13.0. The smallest absolute Gasteiger partial charge is 0.242 e. The third-order valence-corrected chi connectivity index (χ3v) is 6.45. The molecule has 0 spiro atoms. The Morgan fingerprint density at radius 3 is 2.42 bits per heavy atom. The monoisotopic (exact) mass is 490 g/mol. The van der Waals surface area contributed by atoms with Gasteiger partial charge >= 0.3 is 0 Å². The number of benzene rings is 2. The summed E-state index contributed by atoms with van der Waals surface area (Å²) in [5.74, 6) is 2.29. The molecule has 4 rings (SSSR count). The molecule has 1 saturated heterocycles. The number of rotatable bonds is 10. The lowest BCUT2D eigenvalue weighted by Crippen LogP contribution is -2.39. The molecule has 7 heteroatoms. The van der Waals surface area contributed by atoms with E-state index in [0.717, 1.165) is 35.6 Å². The summed E-state index contributed by atoms with van der Waals surface area (Å²) >= 11 is 0. The van der Waals surface area contributed by atoms with Crippen molar-refractivity contribution in [2.45, 2.75) is 53.5 Å². The number of imidazole rings is 1. The first-order valence-electron chi connectivity index (χ1n) is 13.0. The van der Waals surface area contributed by atoms with Crippen molar-refractivity contribution in [3.63, 3.8) is 0 Å². The van der Waals surface area contributed by atoms with E-state index < -0.39 is 0 Å². The minimum absolute atomic E-state index is 0.0401. The van der Waals surface area contributed by atoms with Crippen molar-refractivity contribution in [3.8, 4) is 5.75 Å². The molecule has 1 atom stereocenters. The Morgan fingerprint density at radius 2 is 1.72 bits per heavy atom. The van der Waals surface area contributed by atoms with Crippen molar-refractivity contribution in [3.05, 3.63) is 54.4 Å². The zero-order valence-corrected chi connectivity index (χ0v) is 22.1. The standard InChI is InChI=1S/C29H38N4O3/c1-6-36-26-14-10-9-13-25(26)32-18-22(15-27(32)34)29-30-23-11-7-8-12-24(23)33(29)19-28(35)31(16-20(2)3)17-21(4)5/h7-14,20-22H,6,15-19H2,1-5H3. The second-order valence-electron chi connectivity index (χ2n) is 10.4. The van der Waals surface area contributed by atoms with Crippen LogP contribution in [0.25, 0.3) is 11.0 Å². The number of ether oxygens (including phenoxy) is 1. The number of carbonyl (C=O) groups is 2. The van der Waals surface area contributed by atoms with Crippen LogP contribution in [0.15, 0.2) is 48.5 Å². The normalized spacial score (nSPS) is 15.9. The van der Waals surface area contributed by atoms with E-state index >= 15 is 0 Å². The van der Waals surface area contributed by atoms with Gasteiger partial charge in [-0.15, -0.1) is 0 Å². The molecule has 0 N–H and O–H groups in total. The summed E-state index contributed by atoms with van der Waals surface area (Å²) < 4.78 is 7.82. The Labute approximate surface area is 214 Å². The van der Waals surface area contributed by atoms with Gasteiger partial charge in [-0.3, -0.25) is 9.59 Å². The van der Waals surface area contributed by atoms with Gasteiger partial charge in [0.25, 0.3) is 0 Å². The van der Waals surface area contributed by atoms with Gasteiger partial charge in [0.1, 0.15) is 18.1 Å². The van der Waals surface area contributed by atoms with Crippen LogP contribution in [0.4, 0.5) is 5.69 Å². The van der Waals surface area contributed by atoms with Gasteiger partial charge in [0.05, 0.1) is 23.3 Å². The highest BCUT2D eigenvalue weighted by Gasteiger charge is 2.36. The molecular formula is C29H38N4O3. The lowest BCUT2D eigenvalue weighted by molar-refractivity contribution is -0.132. The van der Waals surface area contributed by atoms with Gasteiger partial charge in [-0.25, -0.2) is 4.98 Å². The second-order valence-corrected chi connectivity index (χ2v) is 10.4. The maximum Gasteiger partial charge on any atom is 0.242 e. The van der Waals surface area contributed by atoms with Gasteiger partial charge in [-0.1, -0.05) is 52.0 Å². The first kappa shape index (κ1) is 25.7. The topological polar surface area (TPSA) is 67.7 Å². The van der Waals surface area contributed by atoms with Gasteiger partial charge in [0.2, 0.25) is 11.8 Å². The fourth-order valence-corrected chi connectivity index (χ4v) is 5.04. The maximum absolute atomic E-state index is 13.5. The fourth-order valence-electron chi connectivity index (χ4n) is 5.04.